The Morgan fingerprint density at radius 1 is 1.32 bits per heavy atom. The summed E-state index contributed by atoms with van der Waals surface area (Å²) in [4.78, 5) is 4.11. The van der Waals surface area contributed by atoms with Crippen molar-refractivity contribution in [3.05, 3.63) is 41.5 Å². The molecule has 0 atom stereocenters. The second kappa shape index (κ2) is 6.08. The van der Waals surface area contributed by atoms with Gasteiger partial charge >= 0.3 is 0 Å². The molecule has 0 bridgehead atoms. The van der Waals surface area contributed by atoms with Gasteiger partial charge in [0.05, 0.1) is 5.69 Å². The van der Waals surface area contributed by atoms with Gasteiger partial charge in [0.15, 0.2) is 11.8 Å². The van der Waals surface area contributed by atoms with E-state index in [-0.39, 0.29) is 18.2 Å². The number of anilines is 1. The first-order valence-electron chi connectivity index (χ1n) is 7.06. The number of aliphatic imine (C=N–C) groups is 1. The normalized spacial score (nSPS) is 14.7. The van der Waals surface area contributed by atoms with E-state index in [0.717, 1.165) is 55.7 Å². The average molecular weight is 306 g/mol. The molecule has 0 fully saturated rings. The summed E-state index contributed by atoms with van der Waals surface area (Å²) in [6.45, 7) is 1.11. The molecular weight excluding hydrogens is 290 g/mol. The highest BCUT2D eigenvalue weighted by Crippen LogP contribution is 2.16. The molecule has 1 aromatic carbocycles. The summed E-state index contributed by atoms with van der Waals surface area (Å²) in [6, 6.07) is 3.09. The maximum atomic E-state index is 13.5. The second-order valence-corrected chi connectivity index (χ2v) is 5.09. The molecule has 0 unspecified atom stereocenters. The molecule has 3 rings (SSSR count). The molecule has 2 heterocycles. The number of guanidine groups is 1. The molecule has 0 aliphatic carbocycles. The summed E-state index contributed by atoms with van der Waals surface area (Å²) in [7, 11) is 0. The van der Waals surface area contributed by atoms with Crippen molar-refractivity contribution >= 4 is 11.6 Å². The fraction of sp³-hybridized carbons (Fsp3) is 0.357. The summed E-state index contributed by atoms with van der Waals surface area (Å²) >= 11 is 0. The number of hydrogen-bond donors (Lipinski definition) is 2. The summed E-state index contributed by atoms with van der Waals surface area (Å²) in [6.07, 6.45) is 3.12. The van der Waals surface area contributed by atoms with Gasteiger partial charge in [0.2, 0.25) is 0 Å². The summed E-state index contributed by atoms with van der Waals surface area (Å²) in [5.41, 5.74) is 5.66. The first-order chi connectivity index (χ1) is 10.6. The van der Waals surface area contributed by atoms with Crippen molar-refractivity contribution in [1.29, 1.82) is 0 Å². The van der Waals surface area contributed by atoms with E-state index in [1.807, 2.05) is 4.57 Å². The van der Waals surface area contributed by atoms with Crippen molar-refractivity contribution in [3.63, 3.8) is 0 Å². The summed E-state index contributed by atoms with van der Waals surface area (Å²) in [5.74, 6) is 0.526. The Kier molecular flexibility index (Phi) is 3.99. The van der Waals surface area contributed by atoms with E-state index in [9.17, 15) is 8.78 Å². The number of hydrogen-bond acceptors (Lipinski definition) is 3. The van der Waals surface area contributed by atoms with E-state index in [0.29, 0.717) is 0 Å². The van der Waals surface area contributed by atoms with Crippen LogP contribution in [0, 0.1) is 11.6 Å². The predicted molar refractivity (Wildman–Crippen MR) is 78.3 cm³/mol. The maximum Gasteiger partial charge on any atom is 0.193 e. The third-order valence-electron chi connectivity index (χ3n) is 3.52. The van der Waals surface area contributed by atoms with Crippen LogP contribution in [0.3, 0.4) is 0 Å². The first kappa shape index (κ1) is 14.4. The minimum atomic E-state index is -0.598. The van der Waals surface area contributed by atoms with E-state index in [1.165, 1.54) is 0 Å². The highest BCUT2D eigenvalue weighted by atomic mass is 19.1. The van der Waals surface area contributed by atoms with Gasteiger partial charge < -0.3 is 15.6 Å². The van der Waals surface area contributed by atoms with Gasteiger partial charge in [-0.2, -0.15) is 0 Å². The quantitative estimate of drug-likeness (QED) is 0.669. The zero-order valence-electron chi connectivity index (χ0n) is 11.9. The van der Waals surface area contributed by atoms with Crippen LogP contribution >= 0.6 is 0 Å². The van der Waals surface area contributed by atoms with Crippen LogP contribution in [-0.2, 0) is 19.5 Å². The molecule has 6 nitrogen and oxygen atoms in total. The number of rotatable bonds is 3. The molecule has 1 aliphatic heterocycles. The van der Waals surface area contributed by atoms with Crippen molar-refractivity contribution < 1.29 is 8.78 Å². The third kappa shape index (κ3) is 3.05. The van der Waals surface area contributed by atoms with Gasteiger partial charge in [0.25, 0.3) is 0 Å². The SMILES string of the molecule is NC(=NCc1nnc2n1CCCC2)Nc1cc(F)ccc1F. The molecule has 0 amide bonds. The highest BCUT2D eigenvalue weighted by Gasteiger charge is 2.15. The van der Waals surface area contributed by atoms with Gasteiger partial charge in [-0.25, -0.2) is 13.8 Å². The molecule has 3 N–H and O–H groups in total. The van der Waals surface area contributed by atoms with Crippen LogP contribution in [-0.4, -0.2) is 20.7 Å². The standard InChI is InChI=1S/C14H16F2N6/c15-9-4-5-10(16)11(7-9)19-14(17)18-8-13-21-20-12-3-1-2-6-22(12)13/h4-5,7H,1-3,6,8H2,(H3,17,18,19). The van der Waals surface area contributed by atoms with Crippen LogP contribution in [0.5, 0.6) is 0 Å². The third-order valence-corrected chi connectivity index (χ3v) is 3.52. The van der Waals surface area contributed by atoms with Crippen molar-refractivity contribution in [3.8, 4) is 0 Å². The minimum absolute atomic E-state index is 0.00217. The number of nitrogens with one attached hydrogen (secondary N) is 1. The van der Waals surface area contributed by atoms with Crippen molar-refractivity contribution in [2.45, 2.75) is 32.4 Å². The van der Waals surface area contributed by atoms with Crippen LogP contribution < -0.4 is 11.1 Å². The van der Waals surface area contributed by atoms with Crippen molar-refractivity contribution in [1.82, 2.24) is 14.8 Å². The Morgan fingerprint density at radius 2 is 2.18 bits per heavy atom. The van der Waals surface area contributed by atoms with E-state index in [4.69, 9.17) is 5.73 Å². The number of aryl methyl sites for hydroxylation is 1. The lowest BCUT2D eigenvalue weighted by Gasteiger charge is -2.14. The number of nitrogens with two attached hydrogens (primary N) is 1. The van der Waals surface area contributed by atoms with Crippen molar-refractivity contribution in [2.24, 2.45) is 10.7 Å². The summed E-state index contributed by atoms with van der Waals surface area (Å²) < 4.78 is 28.6. The smallest absolute Gasteiger partial charge is 0.193 e. The number of aromatic nitrogens is 3. The van der Waals surface area contributed by atoms with Crippen molar-refractivity contribution in [2.75, 3.05) is 5.32 Å². The Bertz CT molecular complexity index is 709. The fourth-order valence-corrected chi connectivity index (χ4v) is 2.41. The van der Waals surface area contributed by atoms with Crippen LogP contribution in [0.1, 0.15) is 24.5 Å². The van der Waals surface area contributed by atoms with E-state index >= 15 is 0 Å². The van der Waals surface area contributed by atoms with E-state index < -0.39 is 11.6 Å². The molecule has 0 saturated carbocycles. The fourth-order valence-electron chi connectivity index (χ4n) is 2.41. The minimum Gasteiger partial charge on any atom is -0.370 e. The lowest BCUT2D eigenvalue weighted by molar-refractivity contribution is 0.508. The molecule has 116 valence electrons. The predicted octanol–water partition coefficient (Wildman–Crippen LogP) is 1.82. The van der Waals surface area contributed by atoms with Gasteiger partial charge in [-0.1, -0.05) is 0 Å². The second-order valence-electron chi connectivity index (χ2n) is 5.09. The van der Waals surface area contributed by atoms with Crippen LogP contribution in [0.2, 0.25) is 0 Å². The maximum absolute atomic E-state index is 13.5. The molecule has 22 heavy (non-hydrogen) atoms. The number of benzene rings is 1. The first-order valence-corrected chi connectivity index (χ1v) is 7.06. The Hall–Kier alpha value is -2.51. The molecule has 1 aromatic heterocycles. The van der Waals surface area contributed by atoms with Gasteiger partial charge in [-0.3, -0.25) is 0 Å². The number of nitrogens with zero attached hydrogens (tertiary/aromatic N) is 4. The average Bonchev–Trinajstić information content (AvgIpc) is 2.92. The van der Waals surface area contributed by atoms with Crippen LogP contribution in [0.25, 0.3) is 0 Å². The van der Waals surface area contributed by atoms with Gasteiger partial charge in [-0.05, 0) is 25.0 Å². The molecule has 1 aliphatic rings. The topological polar surface area (TPSA) is 81.1 Å². The van der Waals surface area contributed by atoms with Crippen LogP contribution in [0.4, 0.5) is 14.5 Å². The van der Waals surface area contributed by atoms with Gasteiger partial charge in [-0.15, -0.1) is 10.2 Å². The lowest BCUT2D eigenvalue weighted by atomic mass is 10.2. The number of fused-ring (bicyclic) bond motifs is 1. The molecule has 0 saturated heterocycles. The van der Waals surface area contributed by atoms with E-state index in [1.54, 1.807) is 0 Å². The molecule has 2 aromatic rings. The molecular formula is C14H16F2N6. The Morgan fingerprint density at radius 3 is 3.05 bits per heavy atom. The zero-order valence-corrected chi connectivity index (χ0v) is 11.9. The molecule has 8 heteroatoms. The van der Waals surface area contributed by atoms with Gasteiger partial charge in [0, 0.05) is 19.0 Å². The van der Waals surface area contributed by atoms with E-state index in [2.05, 4.69) is 20.5 Å². The van der Waals surface area contributed by atoms with Crippen LogP contribution in [0.15, 0.2) is 23.2 Å². The Labute approximate surface area is 126 Å². The zero-order chi connectivity index (χ0) is 15.5. The summed E-state index contributed by atoms with van der Waals surface area (Å²) in [5, 5.41) is 10.8. The molecule has 0 spiro atoms. The van der Waals surface area contributed by atoms with Gasteiger partial charge in [0.1, 0.15) is 24.0 Å². The Balaban J connectivity index is 1.70. The number of halogens is 2. The highest BCUT2D eigenvalue weighted by molar-refractivity contribution is 5.92. The largest absolute Gasteiger partial charge is 0.370 e. The monoisotopic (exact) mass is 306 g/mol. The molecule has 0 radical (unpaired) electrons. The lowest BCUT2D eigenvalue weighted by Crippen LogP contribution is -2.23.